The molecular weight excluding hydrogens is 857 g/mol. The predicted molar refractivity (Wildman–Crippen MR) is 207 cm³/mol. The number of alkyl halides is 6. The molecule has 0 bridgehead atoms. The zero-order valence-electron chi connectivity index (χ0n) is 33.1. The maximum absolute atomic E-state index is 13.7. The van der Waals surface area contributed by atoms with Crippen LogP contribution in [0.2, 0.25) is 0 Å². The van der Waals surface area contributed by atoms with E-state index in [0.29, 0.717) is 30.5 Å². The fourth-order valence-corrected chi connectivity index (χ4v) is 5.55. The van der Waals surface area contributed by atoms with Gasteiger partial charge in [-0.3, -0.25) is 20.2 Å². The summed E-state index contributed by atoms with van der Waals surface area (Å²) in [5, 5.41) is 21.8. The van der Waals surface area contributed by atoms with Crippen LogP contribution < -0.4 is 0 Å². The number of imidazole rings is 2. The topological polar surface area (TPSA) is 204 Å². The highest BCUT2D eigenvalue weighted by atomic mass is 19.4. The molecule has 0 radical (unpaired) electrons. The minimum absolute atomic E-state index is 0.0401. The molecule has 6 rings (SSSR count). The van der Waals surface area contributed by atoms with Crippen LogP contribution in [0.5, 0.6) is 0 Å². The van der Waals surface area contributed by atoms with Crippen LogP contribution in [0.1, 0.15) is 43.0 Å². The van der Waals surface area contributed by atoms with Crippen molar-refractivity contribution < 1.29 is 69.1 Å². The first kappa shape index (κ1) is 48.1. The third-order valence-electron chi connectivity index (χ3n) is 8.51. The molecule has 0 aliphatic heterocycles. The van der Waals surface area contributed by atoms with Crippen molar-refractivity contribution in [3.05, 3.63) is 157 Å². The molecule has 4 aromatic carbocycles. The van der Waals surface area contributed by atoms with E-state index >= 15 is 0 Å². The number of ether oxygens (including phenoxy) is 4. The molecule has 0 saturated heterocycles. The largest absolute Gasteiger partial charge is 0.465 e. The number of halogens is 7. The Labute approximate surface area is 351 Å². The first-order valence-electron chi connectivity index (χ1n) is 17.5. The third kappa shape index (κ3) is 12.3. The van der Waals surface area contributed by atoms with Crippen molar-refractivity contribution >= 4 is 23.3 Å². The molecule has 0 atom stereocenters. The zero-order valence-corrected chi connectivity index (χ0v) is 33.1. The number of hydrogen-bond donors (Lipinski definition) is 1. The molecule has 0 aliphatic carbocycles. The van der Waals surface area contributed by atoms with Gasteiger partial charge in [-0.15, -0.1) is 0 Å². The molecule has 23 heteroatoms. The fraction of sp³-hybridized carbons (Fsp3) is 0.200. The van der Waals surface area contributed by atoms with E-state index in [1.807, 2.05) is 6.20 Å². The molecule has 0 unspecified atom stereocenters. The van der Waals surface area contributed by atoms with E-state index in [9.17, 15) is 60.6 Å². The van der Waals surface area contributed by atoms with E-state index in [2.05, 4.69) is 48.7 Å². The molecule has 2 aromatic heterocycles. The Hall–Kier alpha value is -7.53. The lowest BCUT2D eigenvalue weighted by Crippen LogP contribution is -2.14. The van der Waals surface area contributed by atoms with Gasteiger partial charge in [0.2, 0.25) is 0 Å². The van der Waals surface area contributed by atoms with E-state index < -0.39 is 79.3 Å². The smallest absolute Gasteiger partial charge is 0.419 e. The number of nitrogens with zero attached hydrogens (tertiary/aromatic N) is 5. The van der Waals surface area contributed by atoms with Crippen molar-refractivity contribution in [1.82, 2.24) is 19.5 Å². The van der Waals surface area contributed by atoms with Gasteiger partial charge in [-0.1, -0.05) is 48.5 Å². The maximum Gasteiger partial charge on any atom is 0.419 e. The monoisotopic (exact) mass is 890 g/mol. The standard InChI is InChI=1S/C20H16F3N3O5.C11H12N2O.C9H5F4NO4/c1-30-10-12-3-5-13(6-4-12)16-9-25(11-24-16)18-7-14(19(27)31-2)17(26(28)29)8-15(18)20(21,22)23;1-14-7-9-2-4-10(5-3-9)11-6-12-8-13-11;1-18-8(15)4-2-6(10)5(9(11,12)13)3-7(4)14(16)17/h3-9,11H,10H2,1-2H3;2-6,8H,7H2,1H3,(H,12,13);2-3H,1H3. The van der Waals surface area contributed by atoms with Crippen LogP contribution >= 0.6 is 0 Å². The number of rotatable bonds is 11. The minimum atomic E-state index is -5.09. The van der Waals surface area contributed by atoms with Crippen LogP contribution in [-0.2, 0) is 44.5 Å². The number of aromatic amines is 1. The lowest BCUT2D eigenvalue weighted by molar-refractivity contribution is -0.385. The highest BCUT2D eigenvalue weighted by molar-refractivity contribution is 5.95. The quantitative estimate of drug-likeness (QED) is 0.0560. The van der Waals surface area contributed by atoms with Crippen LogP contribution in [0, 0.1) is 26.0 Å². The number of H-pyrrole nitrogens is 1. The highest BCUT2D eigenvalue weighted by Crippen LogP contribution is 2.39. The molecular formula is C40H33F7N6O10. The van der Waals surface area contributed by atoms with E-state index in [4.69, 9.17) is 9.47 Å². The van der Waals surface area contributed by atoms with Crippen molar-refractivity contribution in [2.24, 2.45) is 0 Å². The third-order valence-corrected chi connectivity index (χ3v) is 8.51. The molecule has 0 saturated carbocycles. The van der Waals surface area contributed by atoms with E-state index in [1.165, 1.54) is 11.8 Å². The number of methoxy groups -OCH3 is 4. The number of nitro benzene ring substituents is 2. The average molecular weight is 891 g/mol. The summed E-state index contributed by atoms with van der Waals surface area (Å²) in [6, 6.07) is 16.5. The SMILES string of the molecule is COC(=O)c1cc(F)c(C(F)(F)F)cc1[N+](=O)[O-].COCc1ccc(-c2cn(-c3cc(C(=O)OC)c([N+](=O)[O-])cc3C(F)(F)F)cn2)cc1.COCc1ccc(-c2cnc[nH]2)cc1. The minimum Gasteiger partial charge on any atom is -0.465 e. The molecule has 0 spiro atoms. The van der Waals surface area contributed by atoms with Gasteiger partial charge in [0, 0.05) is 38.1 Å². The van der Waals surface area contributed by atoms with Gasteiger partial charge in [0.15, 0.2) is 0 Å². The van der Waals surface area contributed by atoms with Crippen LogP contribution in [0.15, 0.2) is 97.8 Å². The van der Waals surface area contributed by atoms with Crippen LogP contribution in [0.25, 0.3) is 28.2 Å². The van der Waals surface area contributed by atoms with Crippen molar-refractivity contribution in [1.29, 1.82) is 0 Å². The Morgan fingerprint density at radius 2 is 1.19 bits per heavy atom. The van der Waals surface area contributed by atoms with Gasteiger partial charge in [-0.25, -0.2) is 23.9 Å². The lowest BCUT2D eigenvalue weighted by atomic mass is 10.1. The van der Waals surface area contributed by atoms with Crippen molar-refractivity contribution in [2.45, 2.75) is 25.6 Å². The highest BCUT2D eigenvalue weighted by Gasteiger charge is 2.39. The summed E-state index contributed by atoms with van der Waals surface area (Å²) in [7, 11) is 5.09. The lowest BCUT2D eigenvalue weighted by Gasteiger charge is -2.14. The van der Waals surface area contributed by atoms with Gasteiger partial charge >= 0.3 is 24.3 Å². The number of aromatic nitrogens is 4. The van der Waals surface area contributed by atoms with E-state index in [1.54, 1.807) is 44.8 Å². The van der Waals surface area contributed by atoms with Crippen LogP contribution in [0.4, 0.5) is 42.1 Å². The number of carbonyl (C=O) groups excluding carboxylic acids is 2. The summed E-state index contributed by atoms with van der Waals surface area (Å²) >= 11 is 0. The zero-order chi connectivity index (χ0) is 46.6. The molecule has 16 nitrogen and oxygen atoms in total. The Morgan fingerprint density at radius 1 is 0.714 bits per heavy atom. The fourth-order valence-electron chi connectivity index (χ4n) is 5.55. The van der Waals surface area contributed by atoms with Gasteiger partial charge in [-0.2, -0.15) is 26.3 Å². The molecule has 1 N–H and O–H groups in total. The van der Waals surface area contributed by atoms with Crippen molar-refractivity contribution in [3.8, 4) is 28.2 Å². The van der Waals surface area contributed by atoms with E-state index in [0.717, 1.165) is 48.0 Å². The summed E-state index contributed by atoms with van der Waals surface area (Å²) in [4.78, 5) is 53.7. The summed E-state index contributed by atoms with van der Waals surface area (Å²) in [6.45, 7) is 1.06. The Kier molecular flexibility index (Phi) is 15.9. The van der Waals surface area contributed by atoms with E-state index in [-0.39, 0.29) is 12.1 Å². The number of hydrogen-bond acceptors (Lipinski definition) is 12. The summed E-state index contributed by atoms with van der Waals surface area (Å²) in [6.07, 6.45) is -4.05. The summed E-state index contributed by atoms with van der Waals surface area (Å²) < 4.78 is 111. The predicted octanol–water partition coefficient (Wildman–Crippen LogP) is 9.16. The molecule has 332 valence electrons. The molecule has 0 fully saturated rings. The Bertz CT molecular complexity index is 2540. The van der Waals surface area contributed by atoms with Gasteiger partial charge in [0.05, 0.1) is 84.3 Å². The van der Waals surface area contributed by atoms with Crippen molar-refractivity contribution in [2.75, 3.05) is 28.4 Å². The second-order valence-electron chi connectivity index (χ2n) is 12.6. The number of esters is 2. The summed E-state index contributed by atoms with van der Waals surface area (Å²) in [5.74, 6) is -4.21. The molecule has 63 heavy (non-hydrogen) atoms. The molecule has 0 aliphatic rings. The van der Waals surface area contributed by atoms with Gasteiger partial charge in [-0.05, 0) is 28.8 Å². The molecule has 2 heterocycles. The Morgan fingerprint density at radius 3 is 1.62 bits per heavy atom. The second kappa shape index (κ2) is 20.8. The first-order valence-corrected chi connectivity index (χ1v) is 17.5. The van der Waals surface area contributed by atoms with Crippen LogP contribution in [0.3, 0.4) is 0 Å². The number of nitro groups is 2. The Balaban J connectivity index is 0.000000229. The van der Waals surface area contributed by atoms with Gasteiger partial charge < -0.3 is 28.5 Å². The summed E-state index contributed by atoms with van der Waals surface area (Å²) in [5.41, 5.74) is -1.98. The van der Waals surface area contributed by atoms with Crippen LogP contribution in [-0.4, -0.2) is 69.7 Å². The first-order chi connectivity index (χ1) is 29.7. The molecule has 0 amide bonds. The second-order valence-corrected chi connectivity index (χ2v) is 12.6. The van der Waals surface area contributed by atoms with Gasteiger partial charge in [0.25, 0.3) is 11.4 Å². The van der Waals surface area contributed by atoms with Crippen molar-refractivity contribution in [3.63, 3.8) is 0 Å². The van der Waals surface area contributed by atoms with Gasteiger partial charge in [0.1, 0.15) is 16.9 Å². The number of benzene rings is 4. The maximum atomic E-state index is 13.7. The number of nitrogens with one attached hydrogen (secondary N) is 1. The average Bonchev–Trinajstić information content (AvgIpc) is 3.97. The molecule has 6 aromatic rings. The normalized spacial score (nSPS) is 11.1. The number of carbonyl (C=O) groups is 2.